The van der Waals surface area contributed by atoms with E-state index >= 15 is 0 Å². The third kappa shape index (κ3) is 6.44. The fraction of sp³-hybridized carbons (Fsp3) is 0.207. The van der Waals surface area contributed by atoms with Crippen molar-refractivity contribution in [1.29, 1.82) is 0 Å². The molecule has 0 unspecified atom stereocenters. The van der Waals surface area contributed by atoms with Crippen LogP contribution < -0.4 is 5.32 Å². The van der Waals surface area contributed by atoms with Gasteiger partial charge in [0.25, 0.3) is 0 Å². The Labute approximate surface area is 205 Å². The molecule has 1 amide bonds. The minimum Gasteiger partial charge on any atom is -0.480 e. The predicted molar refractivity (Wildman–Crippen MR) is 134 cm³/mol. The van der Waals surface area contributed by atoms with Gasteiger partial charge in [-0.1, -0.05) is 97.1 Å². The van der Waals surface area contributed by atoms with Gasteiger partial charge in [-0.05, 0) is 30.0 Å². The monoisotopic (exact) mass is 471 g/mol. The van der Waals surface area contributed by atoms with Gasteiger partial charge in [-0.2, -0.15) is 0 Å². The van der Waals surface area contributed by atoms with Crippen molar-refractivity contribution in [2.45, 2.75) is 31.2 Å². The van der Waals surface area contributed by atoms with E-state index in [2.05, 4.69) is 5.32 Å². The summed E-state index contributed by atoms with van der Waals surface area (Å²) in [6, 6.07) is 28.0. The molecule has 35 heavy (non-hydrogen) atoms. The van der Waals surface area contributed by atoms with Gasteiger partial charge in [0.1, 0.15) is 6.04 Å². The molecule has 3 rings (SSSR count). The number of carbonyl (C=O) groups is 3. The first-order valence-corrected chi connectivity index (χ1v) is 11.5. The number of esters is 1. The van der Waals surface area contributed by atoms with Gasteiger partial charge < -0.3 is 15.2 Å². The van der Waals surface area contributed by atoms with Crippen molar-refractivity contribution in [2.75, 3.05) is 6.61 Å². The summed E-state index contributed by atoms with van der Waals surface area (Å²) in [6.45, 7) is 1.91. The SMILES string of the molecule is CCOC(=O)/C=C/C[C@@H](NC(=O)CC(c1ccccc1)(c1ccccc1)c1ccccc1)C(=O)O. The van der Waals surface area contributed by atoms with E-state index in [0.717, 1.165) is 16.7 Å². The molecule has 0 radical (unpaired) electrons. The number of carbonyl (C=O) groups excluding carboxylic acids is 2. The van der Waals surface area contributed by atoms with E-state index in [1.165, 1.54) is 12.2 Å². The van der Waals surface area contributed by atoms with Crippen LogP contribution in [0.3, 0.4) is 0 Å². The lowest BCUT2D eigenvalue weighted by molar-refractivity contribution is -0.142. The summed E-state index contributed by atoms with van der Waals surface area (Å²) in [5.41, 5.74) is 1.92. The lowest BCUT2D eigenvalue weighted by Gasteiger charge is -2.36. The molecule has 1 atom stereocenters. The first-order valence-electron chi connectivity index (χ1n) is 11.5. The number of benzene rings is 3. The van der Waals surface area contributed by atoms with Gasteiger partial charge >= 0.3 is 11.9 Å². The molecular formula is C29H29NO5. The Morgan fingerprint density at radius 2 is 1.31 bits per heavy atom. The number of aliphatic carboxylic acids is 1. The number of hydrogen-bond acceptors (Lipinski definition) is 4. The van der Waals surface area contributed by atoms with E-state index < -0.39 is 29.3 Å². The van der Waals surface area contributed by atoms with Crippen molar-refractivity contribution in [1.82, 2.24) is 5.32 Å². The Kier molecular flexibility index (Phi) is 8.95. The second kappa shape index (κ2) is 12.3. The fourth-order valence-corrected chi connectivity index (χ4v) is 4.17. The number of ether oxygens (including phenoxy) is 1. The molecule has 3 aromatic carbocycles. The molecule has 180 valence electrons. The Morgan fingerprint density at radius 1 is 0.857 bits per heavy atom. The molecule has 2 N–H and O–H groups in total. The van der Waals surface area contributed by atoms with E-state index in [1.807, 2.05) is 91.0 Å². The molecule has 0 bridgehead atoms. The quantitative estimate of drug-likeness (QED) is 0.244. The maximum Gasteiger partial charge on any atom is 0.330 e. The Morgan fingerprint density at radius 3 is 1.71 bits per heavy atom. The van der Waals surface area contributed by atoms with Crippen molar-refractivity contribution >= 4 is 17.8 Å². The molecular weight excluding hydrogens is 442 g/mol. The minimum absolute atomic E-state index is 0.00356. The van der Waals surface area contributed by atoms with Crippen molar-refractivity contribution in [3.05, 3.63) is 120 Å². The molecule has 0 aliphatic heterocycles. The zero-order chi connectivity index (χ0) is 25.1. The molecule has 0 saturated carbocycles. The van der Waals surface area contributed by atoms with Gasteiger partial charge in [0.2, 0.25) is 5.91 Å². The van der Waals surface area contributed by atoms with Gasteiger partial charge in [0.15, 0.2) is 0 Å². The summed E-state index contributed by atoms with van der Waals surface area (Å²) >= 11 is 0. The van der Waals surface area contributed by atoms with Crippen LogP contribution in [0.25, 0.3) is 0 Å². The lowest BCUT2D eigenvalue weighted by Crippen LogP contribution is -2.44. The highest BCUT2D eigenvalue weighted by molar-refractivity contribution is 5.86. The number of hydrogen-bond donors (Lipinski definition) is 2. The summed E-state index contributed by atoms with van der Waals surface area (Å²) in [7, 11) is 0. The normalized spacial score (nSPS) is 12.1. The zero-order valence-electron chi connectivity index (χ0n) is 19.6. The second-order valence-electron chi connectivity index (χ2n) is 8.03. The van der Waals surface area contributed by atoms with Gasteiger partial charge in [-0.3, -0.25) is 4.79 Å². The minimum atomic E-state index is -1.19. The highest BCUT2D eigenvalue weighted by Gasteiger charge is 2.39. The second-order valence-corrected chi connectivity index (χ2v) is 8.03. The Balaban J connectivity index is 1.96. The van der Waals surface area contributed by atoms with E-state index in [0.29, 0.717) is 0 Å². The van der Waals surface area contributed by atoms with Crippen molar-refractivity contribution in [3.8, 4) is 0 Å². The fourth-order valence-electron chi connectivity index (χ4n) is 4.17. The van der Waals surface area contributed by atoms with Crippen LogP contribution in [0.2, 0.25) is 0 Å². The van der Waals surface area contributed by atoms with E-state index in [9.17, 15) is 19.5 Å². The third-order valence-electron chi connectivity index (χ3n) is 5.77. The molecule has 0 aliphatic rings. The van der Waals surface area contributed by atoms with E-state index in [-0.39, 0.29) is 19.4 Å². The van der Waals surface area contributed by atoms with Crippen LogP contribution in [0.1, 0.15) is 36.5 Å². The molecule has 0 fully saturated rings. The van der Waals surface area contributed by atoms with Crippen molar-refractivity contribution < 1.29 is 24.2 Å². The van der Waals surface area contributed by atoms with Crippen LogP contribution in [0.4, 0.5) is 0 Å². The van der Waals surface area contributed by atoms with Gasteiger partial charge in [0, 0.05) is 12.5 Å². The number of nitrogens with one attached hydrogen (secondary N) is 1. The van der Waals surface area contributed by atoms with Gasteiger partial charge in [-0.25, -0.2) is 9.59 Å². The standard InChI is InChI=1S/C29H29NO5/c1-2-35-27(32)20-12-19-25(28(33)34)30-26(31)21-29(22-13-6-3-7-14-22,23-15-8-4-9-16-23)24-17-10-5-11-18-24/h3-18,20,25H,2,19,21H2,1H3,(H,30,31)(H,33,34)/b20-12+/t25-/m1/s1. The van der Waals surface area contributed by atoms with Crippen molar-refractivity contribution in [3.63, 3.8) is 0 Å². The molecule has 0 aliphatic carbocycles. The van der Waals surface area contributed by atoms with Crippen LogP contribution in [-0.4, -0.2) is 35.6 Å². The Hall–Kier alpha value is -4.19. The van der Waals surface area contributed by atoms with Crippen LogP contribution in [0.15, 0.2) is 103 Å². The maximum absolute atomic E-state index is 13.4. The third-order valence-corrected chi connectivity index (χ3v) is 5.77. The largest absolute Gasteiger partial charge is 0.480 e. The average Bonchev–Trinajstić information content (AvgIpc) is 2.88. The number of carboxylic acid groups (broad SMARTS) is 1. The van der Waals surface area contributed by atoms with Gasteiger partial charge in [0.05, 0.1) is 12.0 Å². The van der Waals surface area contributed by atoms with E-state index in [4.69, 9.17) is 4.74 Å². The zero-order valence-corrected chi connectivity index (χ0v) is 19.6. The first kappa shape index (κ1) is 25.4. The summed E-state index contributed by atoms with van der Waals surface area (Å²) in [5, 5.41) is 12.3. The maximum atomic E-state index is 13.4. The summed E-state index contributed by atoms with van der Waals surface area (Å²) in [5.74, 6) is -2.16. The summed E-state index contributed by atoms with van der Waals surface area (Å²) in [4.78, 5) is 36.8. The topological polar surface area (TPSA) is 92.7 Å². The number of rotatable bonds is 11. The highest BCUT2D eigenvalue weighted by Crippen LogP contribution is 2.42. The smallest absolute Gasteiger partial charge is 0.330 e. The molecule has 0 heterocycles. The average molecular weight is 472 g/mol. The van der Waals surface area contributed by atoms with Crippen LogP contribution in [-0.2, 0) is 24.5 Å². The number of carboxylic acids is 1. The predicted octanol–water partition coefficient (Wildman–Crippen LogP) is 4.49. The molecule has 6 nitrogen and oxygen atoms in total. The van der Waals surface area contributed by atoms with Crippen LogP contribution in [0.5, 0.6) is 0 Å². The molecule has 0 spiro atoms. The summed E-state index contributed by atoms with van der Waals surface area (Å²) < 4.78 is 4.82. The van der Waals surface area contributed by atoms with Crippen LogP contribution in [0, 0.1) is 0 Å². The number of amides is 1. The summed E-state index contributed by atoms with van der Waals surface area (Å²) in [6.07, 6.45) is 2.52. The Bertz CT molecular complexity index is 1050. The molecule has 0 aromatic heterocycles. The molecule has 0 saturated heterocycles. The first-order chi connectivity index (χ1) is 17.0. The lowest BCUT2D eigenvalue weighted by atomic mass is 9.67. The molecule has 3 aromatic rings. The highest BCUT2D eigenvalue weighted by atomic mass is 16.5. The van der Waals surface area contributed by atoms with E-state index in [1.54, 1.807) is 6.92 Å². The van der Waals surface area contributed by atoms with Gasteiger partial charge in [-0.15, -0.1) is 0 Å². The molecule has 6 heteroatoms. The van der Waals surface area contributed by atoms with Crippen LogP contribution >= 0.6 is 0 Å². The van der Waals surface area contributed by atoms with Crippen molar-refractivity contribution in [2.24, 2.45) is 0 Å².